The molecule has 0 unspecified atom stereocenters. The zero-order valence-electron chi connectivity index (χ0n) is 31.7. The van der Waals surface area contributed by atoms with Gasteiger partial charge in [0.25, 0.3) is 0 Å². The highest BCUT2D eigenvalue weighted by Gasteiger charge is 2.44. The van der Waals surface area contributed by atoms with Gasteiger partial charge in [-0.2, -0.15) is 0 Å². The van der Waals surface area contributed by atoms with Crippen molar-refractivity contribution in [2.75, 3.05) is 0 Å². The van der Waals surface area contributed by atoms with Crippen molar-refractivity contribution in [3.63, 3.8) is 0 Å². The molecule has 0 saturated carbocycles. The van der Waals surface area contributed by atoms with Crippen LogP contribution in [0.4, 0.5) is 0 Å². The maximum Gasteiger partial charge on any atom is -0.000106 e. The Bertz CT molecular complexity index is 2910. The van der Waals surface area contributed by atoms with Gasteiger partial charge in [0.2, 0.25) is 0 Å². The van der Waals surface area contributed by atoms with Crippen LogP contribution in [0.15, 0.2) is 175 Å². The molecule has 4 aliphatic rings. The van der Waals surface area contributed by atoms with E-state index >= 15 is 0 Å². The number of allylic oxidation sites excluding steroid dienone is 7. The molecule has 0 bridgehead atoms. The van der Waals surface area contributed by atoms with Crippen LogP contribution in [0.3, 0.4) is 0 Å². The first-order chi connectivity index (χ1) is 27.7. The van der Waals surface area contributed by atoms with Gasteiger partial charge in [-0.25, -0.2) is 0 Å². The van der Waals surface area contributed by atoms with E-state index < -0.39 is 0 Å². The second-order valence-corrected chi connectivity index (χ2v) is 15.4. The molecule has 0 aliphatic heterocycles. The standard InChI is InChI=1S/C56H40/c1-35-47(39-19-7-3-8-20-39)48(40-21-9-4-10-22-40)36(2)50-49(35)53(45-33-17-29-37-27-15-31-43(37)45)56-52(42-25-13-6-14-26-42)51(41-23-11-5-12-24-41)54(55(50)56)46-34-18-30-38-28-16-32-44(38)46/h3-27,29-30,32-34H,28,31H2,1-2H3. The van der Waals surface area contributed by atoms with Gasteiger partial charge in [0, 0.05) is 0 Å². The van der Waals surface area contributed by atoms with E-state index in [0.29, 0.717) is 0 Å². The largest absolute Gasteiger partial charge is 0.0795 e. The SMILES string of the molecule is Cc1c2c(c(C)c(-c3ccccc3)c1-c1ccccc1)C(c1cccc3c1CC=C3)=C1C(c3ccccc3)=C(c3ccccc3)C(c3cccc4c3C=CC4)=C12. The van der Waals surface area contributed by atoms with Gasteiger partial charge in [0.1, 0.15) is 0 Å². The molecule has 0 spiro atoms. The number of rotatable bonds is 6. The molecule has 0 saturated heterocycles. The summed E-state index contributed by atoms with van der Waals surface area (Å²) < 4.78 is 0. The van der Waals surface area contributed by atoms with Crippen LogP contribution in [0, 0.1) is 13.8 Å². The Kier molecular flexibility index (Phi) is 7.54. The molecule has 4 aliphatic carbocycles. The second kappa shape index (κ2) is 12.9. The van der Waals surface area contributed by atoms with Crippen LogP contribution in [-0.4, -0.2) is 0 Å². The van der Waals surface area contributed by atoms with Crippen LogP contribution in [-0.2, 0) is 12.8 Å². The molecular weight excluding hydrogens is 673 g/mol. The van der Waals surface area contributed by atoms with Crippen LogP contribution in [0.25, 0.3) is 62.3 Å². The summed E-state index contributed by atoms with van der Waals surface area (Å²) in [6, 6.07) is 58.5. The van der Waals surface area contributed by atoms with Crippen molar-refractivity contribution in [1.29, 1.82) is 0 Å². The second-order valence-electron chi connectivity index (χ2n) is 15.4. The zero-order chi connectivity index (χ0) is 37.3. The highest BCUT2D eigenvalue weighted by molar-refractivity contribution is 6.40. The van der Waals surface area contributed by atoms with Gasteiger partial charge < -0.3 is 0 Å². The summed E-state index contributed by atoms with van der Waals surface area (Å²) in [6.07, 6.45) is 11.2. The van der Waals surface area contributed by atoms with E-state index in [0.717, 1.165) is 12.8 Å². The summed E-state index contributed by atoms with van der Waals surface area (Å²) in [5.41, 5.74) is 29.2. The molecule has 7 aromatic rings. The number of fused-ring (bicyclic) bond motifs is 5. The van der Waals surface area contributed by atoms with Crippen LogP contribution in [0.2, 0.25) is 0 Å². The highest BCUT2D eigenvalue weighted by atomic mass is 14.5. The number of benzene rings is 7. The maximum atomic E-state index is 2.40. The van der Waals surface area contributed by atoms with E-state index in [9.17, 15) is 0 Å². The van der Waals surface area contributed by atoms with Crippen molar-refractivity contribution in [2.24, 2.45) is 0 Å². The third kappa shape index (κ3) is 4.79. The summed E-state index contributed by atoms with van der Waals surface area (Å²) in [7, 11) is 0. The molecular formula is C56H40. The van der Waals surface area contributed by atoms with Crippen LogP contribution in [0.5, 0.6) is 0 Å². The molecule has 0 amide bonds. The smallest absolute Gasteiger partial charge is 0.000106 e. The maximum absolute atomic E-state index is 2.40. The first kappa shape index (κ1) is 32.7. The predicted molar refractivity (Wildman–Crippen MR) is 238 cm³/mol. The van der Waals surface area contributed by atoms with Gasteiger partial charge in [-0.1, -0.05) is 182 Å². The molecule has 0 N–H and O–H groups in total. The third-order valence-electron chi connectivity index (χ3n) is 12.4. The zero-order valence-corrected chi connectivity index (χ0v) is 31.7. The Labute approximate surface area is 329 Å². The van der Waals surface area contributed by atoms with Crippen LogP contribution in [0.1, 0.15) is 66.8 Å². The van der Waals surface area contributed by atoms with Gasteiger partial charge in [-0.3, -0.25) is 0 Å². The third-order valence-corrected chi connectivity index (χ3v) is 12.4. The van der Waals surface area contributed by atoms with E-state index in [2.05, 4.69) is 196 Å². The lowest BCUT2D eigenvalue weighted by Crippen LogP contribution is -2.04. The van der Waals surface area contributed by atoms with Crippen molar-refractivity contribution in [2.45, 2.75) is 26.7 Å². The number of hydrogen-bond donors (Lipinski definition) is 0. The summed E-state index contributed by atoms with van der Waals surface area (Å²) in [6.45, 7) is 4.79. The van der Waals surface area contributed by atoms with Crippen molar-refractivity contribution >= 4 is 40.0 Å². The predicted octanol–water partition coefficient (Wildman–Crippen LogP) is 14.1. The van der Waals surface area contributed by atoms with E-state index in [1.54, 1.807) is 0 Å². The van der Waals surface area contributed by atoms with E-state index in [1.165, 1.54) is 122 Å². The molecule has 0 fully saturated rings. The fourth-order valence-corrected chi connectivity index (χ4v) is 10.2. The molecule has 0 heterocycles. The normalized spacial score (nSPS) is 14.8. The Morgan fingerprint density at radius 3 is 1.45 bits per heavy atom. The Morgan fingerprint density at radius 2 is 0.839 bits per heavy atom. The lowest BCUT2D eigenvalue weighted by atomic mass is 9.78. The molecule has 0 aromatic heterocycles. The van der Waals surface area contributed by atoms with Crippen molar-refractivity contribution in [3.8, 4) is 22.3 Å². The monoisotopic (exact) mass is 712 g/mol. The molecule has 11 rings (SSSR count). The molecule has 56 heavy (non-hydrogen) atoms. The lowest BCUT2D eigenvalue weighted by molar-refractivity contribution is 1.27. The minimum absolute atomic E-state index is 0.933. The molecule has 264 valence electrons. The Morgan fingerprint density at radius 1 is 0.339 bits per heavy atom. The van der Waals surface area contributed by atoms with Crippen LogP contribution >= 0.6 is 0 Å². The molecule has 0 atom stereocenters. The van der Waals surface area contributed by atoms with Gasteiger partial charge >= 0.3 is 0 Å². The van der Waals surface area contributed by atoms with Crippen molar-refractivity contribution in [3.05, 3.63) is 242 Å². The fourth-order valence-electron chi connectivity index (χ4n) is 10.2. The van der Waals surface area contributed by atoms with Gasteiger partial charge in [0.15, 0.2) is 0 Å². The van der Waals surface area contributed by atoms with Crippen molar-refractivity contribution in [1.82, 2.24) is 0 Å². The van der Waals surface area contributed by atoms with Crippen LogP contribution < -0.4 is 0 Å². The molecule has 0 radical (unpaired) electrons. The molecule has 0 heteroatoms. The van der Waals surface area contributed by atoms with Gasteiger partial charge in [0.05, 0.1) is 0 Å². The van der Waals surface area contributed by atoms with E-state index in [4.69, 9.17) is 0 Å². The van der Waals surface area contributed by atoms with Gasteiger partial charge in [-0.15, -0.1) is 0 Å². The summed E-state index contributed by atoms with van der Waals surface area (Å²) in [5, 5.41) is 0. The minimum atomic E-state index is 0.933. The summed E-state index contributed by atoms with van der Waals surface area (Å²) in [4.78, 5) is 0. The topological polar surface area (TPSA) is 0 Å². The quantitative estimate of drug-likeness (QED) is 0.161. The van der Waals surface area contributed by atoms with E-state index in [1.807, 2.05) is 0 Å². The Balaban J connectivity index is 1.39. The first-order valence-electron chi connectivity index (χ1n) is 19.9. The first-order valence-corrected chi connectivity index (χ1v) is 19.9. The van der Waals surface area contributed by atoms with Crippen molar-refractivity contribution < 1.29 is 0 Å². The van der Waals surface area contributed by atoms with E-state index in [-0.39, 0.29) is 0 Å². The van der Waals surface area contributed by atoms with Gasteiger partial charge in [-0.05, 0) is 149 Å². The molecule has 0 nitrogen and oxygen atoms in total. The summed E-state index contributed by atoms with van der Waals surface area (Å²) in [5.74, 6) is 0. The lowest BCUT2D eigenvalue weighted by Gasteiger charge is -2.25. The molecule has 7 aromatic carbocycles. The average Bonchev–Trinajstić information content (AvgIpc) is 4.06. The summed E-state index contributed by atoms with van der Waals surface area (Å²) >= 11 is 0. The highest BCUT2D eigenvalue weighted by Crippen LogP contribution is 2.65. The fraction of sp³-hybridized carbons (Fsp3) is 0.0714. The average molecular weight is 713 g/mol. The minimum Gasteiger partial charge on any atom is -0.0795 e. The number of hydrogen-bond acceptors (Lipinski definition) is 0. The Hall–Kier alpha value is -6.76.